The van der Waals surface area contributed by atoms with Crippen molar-refractivity contribution in [2.24, 2.45) is 0 Å². The Kier molecular flexibility index (Phi) is 7.07. The van der Waals surface area contributed by atoms with Crippen LogP contribution in [0.4, 0.5) is 5.82 Å². The molecule has 3 aromatic heterocycles. The maximum absolute atomic E-state index is 12.8. The number of thiophene rings is 1. The maximum atomic E-state index is 12.8. The van der Waals surface area contributed by atoms with Crippen LogP contribution < -0.4 is 5.32 Å². The topological polar surface area (TPSA) is 103 Å². The molecule has 0 saturated heterocycles. The molecule has 4 aromatic rings. The number of amides is 1. The summed E-state index contributed by atoms with van der Waals surface area (Å²) in [5, 5.41) is 9.96. The van der Waals surface area contributed by atoms with E-state index in [1.807, 2.05) is 32.2 Å². The summed E-state index contributed by atoms with van der Waals surface area (Å²) in [4.78, 5) is 43.1. The van der Waals surface area contributed by atoms with Crippen LogP contribution in [0, 0.1) is 20.8 Å². The van der Waals surface area contributed by atoms with Crippen LogP contribution in [0.2, 0.25) is 0 Å². The van der Waals surface area contributed by atoms with E-state index in [0.717, 1.165) is 27.6 Å². The Morgan fingerprint density at radius 1 is 1.09 bits per heavy atom. The summed E-state index contributed by atoms with van der Waals surface area (Å²) in [5.41, 5.74) is 4.08. The second kappa shape index (κ2) is 10.2. The number of rotatable bonds is 8. The minimum atomic E-state index is -0.604. The van der Waals surface area contributed by atoms with Crippen molar-refractivity contribution < 1.29 is 19.1 Å². The highest BCUT2D eigenvalue weighted by molar-refractivity contribution is 7.12. The zero-order valence-corrected chi connectivity index (χ0v) is 20.9. The van der Waals surface area contributed by atoms with Crippen LogP contribution in [-0.2, 0) is 9.53 Å². The van der Waals surface area contributed by atoms with E-state index in [2.05, 4.69) is 22.5 Å². The Bertz CT molecular complexity index is 1420. The van der Waals surface area contributed by atoms with Crippen LogP contribution in [0.25, 0.3) is 16.7 Å². The number of nitrogens with one attached hydrogen (secondary N) is 1. The number of Topliss-reactive ketones (excluding diaryl/α,β-unsaturated/α-hetero) is 1. The molecule has 0 aliphatic carbocycles. The number of esters is 1. The Morgan fingerprint density at radius 3 is 2.60 bits per heavy atom. The van der Waals surface area contributed by atoms with Crippen LogP contribution >= 0.6 is 11.3 Å². The van der Waals surface area contributed by atoms with E-state index in [1.54, 1.807) is 19.1 Å². The quantitative estimate of drug-likeness (QED) is 0.269. The number of carbonyl (C=O) groups is 3. The van der Waals surface area contributed by atoms with Gasteiger partial charge in [-0.1, -0.05) is 17.7 Å². The first-order valence-electron chi connectivity index (χ1n) is 11.3. The Balaban J connectivity index is 1.68. The smallest absolute Gasteiger partial charge is 0.343 e. The van der Waals surface area contributed by atoms with Gasteiger partial charge in [0, 0.05) is 18.2 Å². The normalized spacial score (nSPS) is 11.0. The van der Waals surface area contributed by atoms with Crippen molar-refractivity contribution in [1.82, 2.24) is 14.8 Å². The molecule has 8 nitrogen and oxygen atoms in total. The fraction of sp³-hybridized carbons (Fsp3) is 0.269. The van der Waals surface area contributed by atoms with E-state index in [4.69, 9.17) is 9.72 Å². The first kappa shape index (κ1) is 24.3. The number of aromatic nitrogens is 3. The molecule has 0 unspecified atom stereocenters. The van der Waals surface area contributed by atoms with Gasteiger partial charge in [-0.2, -0.15) is 9.78 Å². The van der Waals surface area contributed by atoms with Crippen LogP contribution in [-0.4, -0.2) is 39.0 Å². The van der Waals surface area contributed by atoms with Crippen LogP contribution in [0.15, 0.2) is 41.9 Å². The predicted octanol–water partition coefficient (Wildman–Crippen LogP) is 5.19. The fourth-order valence-corrected chi connectivity index (χ4v) is 4.61. The van der Waals surface area contributed by atoms with E-state index in [0.29, 0.717) is 10.7 Å². The lowest BCUT2D eigenvalue weighted by atomic mass is 10.0. The summed E-state index contributed by atoms with van der Waals surface area (Å²) in [7, 11) is 0. The average molecular weight is 491 g/mol. The third-order valence-electron chi connectivity index (χ3n) is 5.56. The molecular formula is C26H26N4O4S. The number of carbonyl (C=O) groups excluding carboxylic acids is 3. The van der Waals surface area contributed by atoms with Crippen molar-refractivity contribution in [3.05, 3.63) is 69.0 Å². The second-order valence-corrected chi connectivity index (χ2v) is 9.21. The molecule has 0 fully saturated rings. The Morgan fingerprint density at radius 2 is 1.89 bits per heavy atom. The largest absolute Gasteiger partial charge is 0.462 e. The number of hydrogen-bond acceptors (Lipinski definition) is 7. The van der Waals surface area contributed by atoms with Crippen LogP contribution in [0.1, 0.15) is 56.5 Å². The van der Waals surface area contributed by atoms with E-state index in [-0.39, 0.29) is 36.6 Å². The molecular weight excluding hydrogens is 464 g/mol. The molecule has 0 aliphatic rings. The molecule has 35 heavy (non-hydrogen) atoms. The van der Waals surface area contributed by atoms with Crippen molar-refractivity contribution in [1.29, 1.82) is 0 Å². The first-order chi connectivity index (χ1) is 16.8. The number of ketones is 1. The summed E-state index contributed by atoms with van der Waals surface area (Å²) in [6, 6.07) is 9.52. The third-order valence-corrected chi connectivity index (χ3v) is 6.47. The van der Waals surface area contributed by atoms with Crippen LogP contribution in [0.5, 0.6) is 0 Å². The van der Waals surface area contributed by atoms with Gasteiger partial charge < -0.3 is 10.1 Å². The van der Waals surface area contributed by atoms with Gasteiger partial charge in [0.1, 0.15) is 5.56 Å². The van der Waals surface area contributed by atoms with Crippen molar-refractivity contribution >= 4 is 45.7 Å². The molecule has 1 N–H and O–H groups in total. The third kappa shape index (κ3) is 5.14. The van der Waals surface area contributed by atoms with E-state index < -0.39 is 11.9 Å². The number of benzene rings is 1. The summed E-state index contributed by atoms with van der Waals surface area (Å²) in [6.07, 6.45) is 1.38. The molecule has 0 atom stereocenters. The second-order valence-electron chi connectivity index (χ2n) is 8.26. The molecule has 4 rings (SSSR count). The Hall–Kier alpha value is -3.85. The predicted molar refractivity (Wildman–Crippen MR) is 136 cm³/mol. The number of fused-ring (bicyclic) bond motifs is 1. The number of anilines is 1. The maximum Gasteiger partial charge on any atom is 0.343 e. The minimum absolute atomic E-state index is 0.0350. The van der Waals surface area contributed by atoms with Gasteiger partial charge in [-0.25, -0.2) is 9.78 Å². The molecule has 3 heterocycles. The van der Waals surface area contributed by atoms with Crippen molar-refractivity contribution in [2.45, 2.75) is 40.5 Å². The lowest BCUT2D eigenvalue weighted by Crippen LogP contribution is -2.19. The van der Waals surface area contributed by atoms with E-state index in [1.165, 1.54) is 22.2 Å². The molecule has 0 bridgehead atoms. The van der Waals surface area contributed by atoms with Gasteiger partial charge in [0.2, 0.25) is 5.91 Å². The molecule has 0 saturated carbocycles. The zero-order chi connectivity index (χ0) is 25.1. The SMILES string of the molecule is CCOC(=O)c1cnn(-c2cc(C)c3cc(C)cc(C)c3n2)c1NC(=O)CCC(=O)c1cccs1. The monoisotopic (exact) mass is 490 g/mol. The summed E-state index contributed by atoms with van der Waals surface area (Å²) < 4.78 is 6.58. The molecule has 9 heteroatoms. The molecule has 1 aromatic carbocycles. The number of hydrogen-bond donors (Lipinski definition) is 1. The van der Waals surface area contributed by atoms with Gasteiger partial charge in [0.05, 0.1) is 23.2 Å². The highest BCUT2D eigenvalue weighted by Gasteiger charge is 2.23. The summed E-state index contributed by atoms with van der Waals surface area (Å²) >= 11 is 1.34. The Labute approximate surface area is 206 Å². The number of nitrogens with zero attached hydrogens (tertiary/aromatic N) is 3. The number of ether oxygens (including phenoxy) is 1. The number of aryl methyl sites for hydroxylation is 3. The van der Waals surface area contributed by atoms with Crippen molar-refractivity contribution in [3.63, 3.8) is 0 Å². The standard InChI is InChI=1S/C26H26N4O4S/c1-5-34-26(33)19-14-27-30(22-13-16(3)18-12-15(2)11-17(4)24(18)28-22)25(19)29-23(32)9-8-20(31)21-7-6-10-35-21/h6-7,10-14H,5,8-9H2,1-4H3,(H,29,32). The van der Waals surface area contributed by atoms with E-state index in [9.17, 15) is 14.4 Å². The fourth-order valence-electron chi connectivity index (χ4n) is 3.92. The first-order valence-corrected chi connectivity index (χ1v) is 12.2. The van der Waals surface area contributed by atoms with E-state index >= 15 is 0 Å². The van der Waals surface area contributed by atoms with Crippen molar-refractivity contribution in [3.8, 4) is 5.82 Å². The highest BCUT2D eigenvalue weighted by Crippen LogP contribution is 2.27. The average Bonchev–Trinajstić information content (AvgIpc) is 3.49. The molecule has 180 valence electrons. The van der Waals surface area contributed by atoms with Crippen molar-refractivity contribution in [2.75, 3.05) is 11.9 Å². The highest BCUT2D eigenvalue weighted by atomic mass is 32.1. The summed E-state index contributed by atoms with van der Waals surface area (Å²) in [6.45, 7) is 7.90. The molecule has 0 aliphatic heterocycles. The molecule has 0 spiro atoms. The number of pyridine rings is 1. The van der Waals surface area contributed by atoms with Gasteiger partial charge in [-0.3, -0.25) is 9.59 Å². The lowest BCUT2D eigenvalue weighted by molar-refractivity contribution is -0.116. The van der Waals surface area contributed by atoms with Gasteiger partial charge in [-0.15, -0.1) is 11.3 Å². The summed E-state index contributed by atoms with van der Waals surface area (Å²) in [5.74, 6) is -0.498. The van der Waals surface area contributed by atoms with Crippen LogP contribution in [0.3, 0.4) is 0 Å². The van der Waals surface area contributed by atoms with Gasteiger partial charge in [0.25, 0.3) is 0 Å². The van der Waals surface area contributed by atoms with Gasteiger partial charge in [0.15, 0.2) is 17.4 Å². The van der Waals surface area contributed by atoms with Gasteiger partial charge >= 0.3 is 5.97 Å². The molecule has 1 amide bonds. The molecule has 0 radical (unpaired) electrons. The zero-order valence-electron chi connectivity index (χ0n) is 20.0. The minimum Gasteiger partial charge on any atom is -0.462 e. The lowest BCUT2D eigenvalue weighted by Gasteiger charge is -2.13. The van der Waals surface area contributed by atoms with Gasteiger partial charge in [-0.05, 0) is 62.4 Å².